The predicted molar refractivity (Wildman–Crippen MR) is 72.0 cm³/mol. The first-order valence-corrected chi connectivity index (χ1v) is 6.57. The molecule has 19 heavy (non-hydrogen) atoms. The molecular weight excluding hydrogens is 266 g/mol. The Hall–Kier alpha value is -2.02. The Morgan fingerprint density at radius 2 is 2.16 bits per heavy atom. The summed E-state index contributed by atoms with van der Waals surface area (Å²) in [5.74, 6) is -1.10. The van der Waals surface area contributed by atoms with Crippen LogP contribution in [0.3, 0.4) is 0 Å². The zero-order chi connectivity index (χ0) is 14.0. The fraction of sp³-hybridized carbons (Fsp3) is 0.250. The van der Waals surface area contributed by atoms with Crippen LogP contribution >= 0.6 is 11.8 Å². The third-order valence-corrected chi connectivity index (χ3v) is 3.64. The molecule has 2 N–H and O–H groups in total. The summed E-state index contributed by atoms with van der Waals surface area (Å²) in [6, 6.07) is 5.59. The summed E-state index contributed by atoms with van der Waals surface area (Å²) in [4.78, 5) is 22.3. The minimum Gasteiger partial charge on any atom is -0.481 e. The van der Waals surface area contributed by atoms with E-state index in [1.807, 2.05) is 32.0 Å². The van der Waals surface area contributed by atoms with Gasteiger partial charge >= 0.3 is 11.7 Å². The van der Waals surface area contributed by atoms with E-state index in [9.17, 15) is 9.59 Å². The van der Waals surface area contributed by atoms with Crippen molar-refractivity contribution in [3.05, 3.63) is 39.8 Å². The third kappa shape index (κ3) is 2.87. The Morgan fingerprint density at radius 1 is 1.42 bits per heavy atom. The molecule has 0 fully saturated rings. The molecule has 1 heterocycles. The SMILES string of the molecule is Cc1ccc(-n2c(SCC(=O)O)n[nH]c2=O)cc1C. The molecule has 1 aromatic carbocycles. The Morgan fingerprint density at radius 3 is 2.79 bits per heavy atom. The molecule has 0 unspecified atom stereocenters. The van der Waals surface area contributed by atoms with Crippen molar-refractivity contribution in [1.29, 1.82) is 0 Å². The maximum absolute atomic E-state index is 11.8. The molecule has 0 aliphatic carbocycles. The van der Waals surface area contributed by atoms with Gasteiger partial charge in [0, 0.05) is 0 Å². The van der Waals surface area contributed by atoms with Gasteiger partial charge in [-0.1, -0.05) is 17.8 Å². The number of benzene rings is 1. The van der Waals surface area contributed by atoms with E-state index >= 15 is 0 Å². The van der Waals surface area contributed by atoms with Gasteiger partial charge in [0.25, 0.3) is 0 Å². The quantitative estimate of drug-likeness (QED) is 0.825. The van der Waals surface area contributed by atoms with Gasteiger partial charge in [0.1, 0.15) is 0 Å². The van der Waals surface area contributed by atoms with Crippen LogP contribution in [-0.2, 0) is 4.79 Å². The van der Waals surface area contributed by atoms with Gasteiger partial charge < -0.3 is 5.11 Å². The van der Waals surface area contributed by atoms with E-state index in [4.69, 9.17) is 5.11 Å². The highest BCUT2D eigenvalue weighted by molar-refractivity contribution is 7.99. The number of carboxylic acid groups (broad SMARTS) is 1. The van der Waals surface area contributed by atoms with E-state index in [1.54, 1.807) is 0 Å². The van der Waals surface area contributed by atoms with Gasteiger partial charge in [-0.2, -0.15) is 0 Å². The first kappa shape index (κ1) is 13.4. The van der Waals surface area contributed by atoms with Gasteiger partial charge in [-0.05, 0) is 37.1 Å². The van der Waals surface area contributed by atoms with E-state index < -0.39 is 5.97 Å². The van der Waals surface area contributed by atoms with Gasteiger partial charge in [-0.15, -0.1) is 5.10 Å². The molecule has 0 saturated carbocycles. The highest BCUT2D eigenvalue weighted by atomic mass is 32.2. The van der Waals surface area contributed by atoms with Crippen molar-refractivity contribution in [2.45, 2.75) is 19.0 Å². The molecule has 0 aliphatic heterocycles. The van der Waals surface area contributed by atoms with Gasteiger partial charge in [0.15, 0.2) is 5.16 Å². The van der Waals surface area contributed by atoms with Crippen LogP contribution in [-0.4, -0.2) is 31.6 Å². The number of hydrogen-bond acceptors (Lipinski definition) is 4. The van der Waals surface area contributed by atoms with Crippen LogP contribution < -0.4 is 5.69 Å². The molecule has 0 saturated heterocycles. The average Bonchev–Trinajstić information content (AvgIpc) is 2.71. The van der Waals surface area contributed by atoms with Crippen LogP contribution in [0, 0.1) is 13.8 Å². The molecule has 7 heteroatoms. The van der Waals surface area contributed by atoms with Gasteiger partial charge in [-0.3, -0.25) is 4.79 Å². The number of aryl methyl sites for hydroxylation is 2. The summed E-state index contributed by atoms with van der Waals surface area (Å²) in [7, 11) is 0. The summed E-state index contributed by atoms with van der Waals surface area (Å²) in [6.07, 6.45) is 0. The Kier molecular flexibility index (Phi) is 3.75. The molecule has 100 valence electrons. The van der Waals surface area contributed by atoms with Crippen molar-refractivity contribution in [1.82, 2.24) is 14.8 Å². The summed E-state index contributed by atoms with van der Waals surface area (Å²) in [5.41, 5.74) is 2.48. The maximum atomic E-state index is 11.8. The van der Waals surface area contributed by atoms with Crippen LogP contribution in [0.2, 0.25) is 0 Å². The molecule has 0 atom stereocenters. The van der Waals surface area contributed by atoms with Crippen LogP contribution in [0.25, 0.3) is 5.69 Å². The Labute approximate surface area is 113 Å². The highest BCUT2D eigenvalue weighted by Crippen LogP contribution is 2.19. The van der Waals surface area contributed by atoms with Crippen LogP contribution in [0.5, 0.6) is 0 Å². The Bertz CT molecular complexity index is 675. The summed E-state index contributed by atoms with van der Waals surface area (Å²) in [5, 5.41) is 15.2. The number of carboxylic acids is 1. The number of nitrogens with zero attached hydrogens (tertiary/aromatic N) is 2. The zero-order valence-electron chi connectivity index (χ0n) is 10.5. The number of aromatic amines is 1. The van der Waals surface area contributed by atoms with Crippen molar-refractivity contribution >= 4 is 17.7 Å². The summed E-state index contributed by atoms with van der Waals surface area (Å²) < 4.78 is 1.38. The minimum absolute atomic E-state index is 0.144. The molecule has 1 aromatic heterocycles. The molecular formula is C12H13N3O3S. The minimum atomic E-state index is -0.952. The van der Waals surface area contributed by atoms with Crippen molar-refractivity contribution in [3.63, 3.8) is 0 Å². The second-order valence-corrected chi connectivity index (χ2v) is 5.04. The highest BCUT2D eigenvalue weighted by Gasteiger charge is 2.12. The number of nitrogens with one attached hydrogen (secondary N) is 1. The molecule has 6 nitrogen and oxygen atoms in total. The van der Waals surface area contributed by atoms with Gasteiger partial charge in [0.2, 0.25) is 0 Å². The molecule has 2 rings (SSSR count). The van der Waals surface area contributed by atoms with E-state index in [1.165, 1.54) is 4.57 Å². The zero-order valence-corrected chi connectivity index (χ0v) is 11.3. The normalized spacial score (nSPS) is 10.6. The number of carbonyl (C=O) groups is 1. The number of H-pyrrole nitrogens is 1. The van der Waals surface area contributed by atoms with Crippen molar-refractivity contribution < 1.29 is 9.90 Å². The third-order valence-electron chi connectivity index (χ3n) is 2.72. The monoisotopic (exact) mass is 279 g/mol. The van der Waals surface area contributed by atoms with Crippen molar-refractivity contribution in [3.8, 4) is 5.69 Å². The molecule has 0 amide bonds. The lowest BCUT2D eigenvalue weighted by molar-refractivity contribution is -0.133. The molecule has 0 radical (unpaired) electrons. The van der Waals surface area contributed by atoms with Crippen molar-refractivity contribution in [2.24, 2.45) is 0 Å². The first-order valence-electron chi connectivity index (χ1n) is 5.58. The smallest absolute Gasteiger partial charge is 0.348 e. The number of thioether (sulfide) groups is 1. The topological polar surface area (TPSA) is 88.0 Å². The second-order valence-electron chi connectivity index (χ2n) is 4.10. The summed E-state index contributed by atoms with van der Waals surface area (Å²) >= 11 is 1.00. The number of aliphatic carboxylic acids is 1. The largest absolute Gasteiger partial charge is 0.481 e. The Balaban J connectivity index is 2.43. The van der Waals surface area contributed by atoms with Crippen molar-refractivity contribution in [2.75, 3.05) is 5.75 Å². The lowest BCUT2D eigenvalue weighted by Crippen LogP contribution is -2.16. The lowest BCUT2D eigenvalue weighted by Gasteiger charge is -2.07. The molecule has 0 spiro atoms. The fourth-order valence-electron chi connectivity index (χ4n) is 1.60. The van der Waals surface area contributed by atoms with E-state index in [2.05, 4.69) is 10.2 Å². The standard InChI is InChI=1S/C12H13N3O3S/c1-7-3-4-9(5-8(7)2)15-11(18)13-14-12(15)19-6-10(16)17/h3-5H,6H2,1-2H3,(H,13,18)(H,16,17). The van der Waals surface area contributed by atoms with Crippen LogP contribution in [0.1, 0.15) is 11.1 Å². The first-order chi connectivity index (χ1) is 8.99. The molecule has 2 aromatic rings. The molecule has 0 aliphatic rings. The van der Waals surface area contributed by atoms with E-state index in [0.717, 1.165) is 22.9 Å². The van der Waals surface area contributed by atoms with Crippen LogP contribution in [0.15, 0.2) is 28.2 Å². The van der Waals surface area contributed by atoms with Gasteiger partial charge in [0.05, 0.1) is 11.4 Å². The van der Waals surface area contributed by atoms with Gasteiger partial charge in [-0.25, -0.2) is 14.5 Å². The maximum Gasteiger partial charge on any atom is 0.348 e. The lowest BCUT2D eigenvalue weighted by atomic mass is 10.1. The van der Waals surface area contributed by atoms with E-state index in [-0.39, 0.29) is 11.4 Å². The second kappa shape index (κ2) is 5.31. The predicted octanol–water partition coefficient (Wildman–Crippen LogP) is 1.35. The van der Waals surface area contributed by atoms with Crippen LogP contribution in [0.4, 0.5) is 0 Å². The average molecular weight is 279 g/mol. The number of rotatable bonds is 4. The molecule has 0 bridgehead atoms. The fourth-order valence-corrected chi connectivity index (χ4v) is 2.28. The van der Waals surface area contributed by atoms with E-state index in [0.29, 0.717) is 10.8 Å². The number of aromatic nitrogens is 3. The summed E-state index contributed by atoms with van der Waals surface area (Å²) in [6.45, 7) is 3.94. The number of hydrogen-bond donors (Lipinski definition) is 2.